The molecule has 5 aliphatic carbocycles. The van der Waals surface area contributed by atoms with Gasteiger partial charge in [-0.2, -0.15) is 0 Å². The maximum atomic E-state index is 14.0. The first kappa shape index (κ1) is 39.4. The number of fused-ring (bicyclic) bond motifs is 7. The van der Waals surface area contributed by atoms with Gasteiger partial charge in [-0.15, -0.1) is 0 Å². The van der Waals surface area contributed by atoms with Gasteiger partial charge in [0.2, 0.25) is 5.91 Å². The number of carbonyl (C=O) groups excluding carboxylic acids is 3. The van der Waals surface area contributed by atoms with Crippen molar-refractivity contribution in [2.75, 3.05) is 0 Å². The van der Waals surface area contributed by atoms with E-state index >= 15 is 0 Å². The van der Waals surface area contributed by atoms with Crippen LogP contribution >= 0.6 is 0 Å². The number of aromatic nitrogens is 1. The number of hydrogen-bond acceptors (Lipinski definition) is 6. The van der Waals surface area contributed by atoms with E-state index in [1.54, 1.807) is 26.1 Å². The number of carboxylic acids is 1. The van der Waals surface area contributed by atoms with Crippen LogP contribution in [0.15, 0.2) is 47.7 Å². The van der Waals surface area contributed by atoms with Crippen molar-refractivity contribution in [2.24, 2.45) is 56.2 Å². The largest absolute Gasteiger partial charge is 0.481 e. The Morgan fingerprint density at radius 2 is 1.68 bits per heavy atom. The molecule has 53 heavy (non-hydrogen) atoms. The summed E-state index contributed by atoms with van der Waals surface area (Å²) in [4.78, 5) is 56.6. The second kappa shape index (κ2) is 13.5. The molecule has 290 valence electrons. The summed E-state index contributed by atoms with van der Waals surface area (Å²) in [6, 6.07) is 5.48. The van der Waals surface area contributed by atoms with Crippen LogP contribution in [0.25, 0.3) is 0 Å². The Morgan fingerprint density at radius 1 is 0.962 bits per heavy atom. The van der Waals surface area contributed by atoms with Gasteiger partial charge in [-0.05, 0) is 141 Å². The highest BCUT2D eigenvalue weighted by Crippen LogP contribution is 2.77. The molecular formula is C45H64N2O6. The normalized spacial score (nSPS) is 37.0. The minimum Gasteiger partial charge on any atom is -0.481 e. The van der Waals surface area contributed by atoms with Gasteiger partial charge in [-0.3, -0.25) is 24.2 Å². The van der Waals surface area contributed by atoms with Crippen molar-refractivity contribution in [2.45, 2.75) is 146 Å². The zero-order valence-electron chi connectivity index (χ0n) is 33.9. The summed E-state index contributed by atoms with van der Waals surface area (Å²) in [6.07, 6.45) is 13.4. The molecule has 1 aromatic heterocycles. The molecule has 5 aliphatic rings. The molecule has 0 saturated heterocycles. The van der Waals surface area contributed by atoms with Crippen molar-refractivity contribution < 1.29 is 29.0 Å². The van der Waals surface area contributed by atoms with Crippen LogP contribution in [0.4, 0.5) is 0 Å². The van der Waals surface area contributed by atoms with Crippen LogP contribution in [0.3, 0.4) is 0 Å². The molecule has 8 heteroatoms. The number of aliphatic carboxylic acids is 1. The third-order valence-corrected chi connectivity index (χ3v) is 15.9. The van der Waals surface area contributed by atoms with Crippen molar-refractivity contribution in [3.8, 4) is 0 Å². The number of nitrogens with zero attached hydrogens (tertiary/aromatic N) is 1. The van der Waals surface area contributed by atoms with Gasteiger partial charge in [0.15, 0.2) is 5.78 Å². The average molecular weight is 729 g/mol. The molecule has 0 bridgehead atoms. The number of carboxylic acid groups (broad SMARTS) is 1. The summed E-state index contributed by atoms with van der Waals surface area (Å²) in [5, 5.41) is 12.7. The molecule has 9 atom stereocenters. The molecule has 0 spiro atoms. The summed E-state index contributed by atoms with van der Waals surface area (Å²) in [6.45, 7) is 21.5. The van der Waals surface area contributed by atoms with Gasteiger partial charge in [0.05, 0.1) is 23.6 Å². The molecule has 2 N–H and O–H groups in total. The molecule has 0 unspecified atom stereocenters. The predicted molar refractivity (Wildman–Crippen MR) is 205 cm³/mol. The third kappa shape index (κ3) is 6.32. The second-order valence-electron chi connectivity index (χ2n) is 19.9. The lowest BCUT2D eigenvalue weighted by atomic mass is 9.33. The first-order valence-corrected chi connectivity index (χ1v) is 20.2. The van der Waals surface area contributed by atoms with E-state index in [9.17, 15) is 24.3 Å². The van der Waals surface area contributed by atoms with Gasteiger partial charge in [0.1, 0.15) is 6.10 Å². The molecule has 4 fully saturated rings. The lowest BCUT2D eigenvalue weighted by Gasteiger charge is -2.72. The minimum absolute atomic E-state index is 0.00699. The van der Waals surface area contributed by atoms with Gasteiger partial charge in [-0.25, -0.2) is 0 Å². The number of allylic oxidation sites excluding steroid dienone is 3. The van der Waals surface area contributed by atoms with E-state index in [4.69, 9.17) is 4.74 Å². The molecular weight excluding hydrogens is 665 g/mol. The Kier molecular flexibility index (Phi) is 10.0. The Bertz CT molecular complexity index is 1710. The molecule has 0 aromatic carbocycles. The number of esters is 1. The number of amides is 1. The first-order valence-electron chi connectivity index (χ1n) is 20.2. The van der Waals surface area contributed by atoms with Gasteiger partial charge in [-0.1, -0.05) is 60.6 Å². The number of ketones is 1. The summed E-state index contributed by atoms with van der Waals surface area (Å²) >= 11 is 0. The first-order chi connectivity index (χ1) is 24.6. The molecule has 1 aromatic rings. The maximum Gasteiger partial charge on any atom is 0.309 e. The molecule has 1 heterocycles. The van der Waals surface area contributed by atoms with E-state index < -0.39 is 22.8 Å². The van der Waals surface area contributed by atoms with Crippen LogP contribution in [0.5, 0.6) is 0 Å². The third-order valence-electron chi connectivity index (χ3n) is 15.9. The SMILES string of the molecule is CC(C)C1=C2[C@H]3CC[C@@H]4[C@@]5(C)CC[C@H](OC(=O)CC(C)(C)C(=O)O)C(C)(C)[C@@H]5CC[C@@]4(C)[C@]3(C)CC[C@@]2(C=CC(=O)N[C@@H](C)c2ccccn2)CC1=O. The van der Waals surface area contributed by atoms with E-state index in [1.165, 1.54) is 5.57 Å². The molecule has 6 rings (SSSR count). The van der Waals surface area contributed by atoms with Gasteiger partial charge in [0, 0.05) is 23.4 Å². The number of Topliss-reactive ketones (excluding diaryl/α,β-unsaturated/α-hetero) is 1. The highest BCUT2D eigenvalue weighted by atomic mass is 16.5. The Hall–Kier alpha value is -3.29. The fourth-order valence-corrected chi connectivity index (χ4v) is 12.9. The van der Waals surface area contributed by atoms with Gasteiger partial charge < -0.3 is 15.2 Å². The van der Waals surface area contributed by atoms with Gasteiger partial charge >= 0.3 is 11.9 Å². The number of rotatable bonds is 9. The summed E-state index contributed by atoms with van der Waals surface area (Å²) < 4.78 is 6.16. The fraction of sp³-hybridized carbons (Fsp3) is 0.711. The molecule has 8 nitrogen and oxygen atoms in total. The van der Waals surface area contributed by atoms with Crippen molar-refractivity contribution in [1.29, 1.82) is 0 Å². The summed E-state index contributed by atoms with van der Waals surface area (Å²) in [5.74, 6) is -0.0965. The lowest BCUT2D eigenvalue weighted by molar-refractivity contribution is -0.232. The predicted octanol–water partition coefficient (Wildman–Crippen LogP) is 9.21. The maximum absolute atomic E-state index is 14.0. The van der Waals surface area contributed by atoms with Crippen LogP contribution in [-0.4, -0.2) is 39.8 Å². The van der Waals surface area contributed by atoms with E-state index in [-0.39, 0.29) is 63.8 Å². The average Bonchev–Trinajstić information content (AvgIpc) is 3.38. The Morgan fingerprint density at radius 3 is 2.32 bits per heavy atom. The number of hydrogen-bond donors (Lipinski definition) is 2. The van der Waals surface area contributed by atoms with Crippen LogP contribution in [0, 0.1) is 56.2 Å². The van der Waals surface area contributed by atoms with E-state index in [0.29, 0.717) is 18.3 Å². The van der Waals surface area contributed by atoms with Crippen molar-refractivity contribution in [1.82, 2.24) is 10.3 Å². The van der Waals surface area contributed by atoms with E-state index in [0.717, 1.165) is 62.6 Å². The monoisotopic (exact) mass is 728 g/mol. The Labute approximate surface area is 317 Å². The number of ether oxygens (including phenoxy) is 1. The second-order valence-corrected chi connectivity index (χ2v) is 19.9. The molecule has 0 radical (unpaired) electrons. The quantitative estimate of drug-likeness (QED) is 0.192. The lowest BCUT2D eigenvalue weighted by Crippen LogP contribution is -2.65. The van der Waals surface area contributed by atoms with Crippen LogP contribution in [0.1, 0.15) is 145 Å². The van der Waals surface area contributed by atoms with Crippen molar-refractivity contribution >= 4 is 23.6 Å². The topological polar surface area (TPSA) is 123 Å². The van der Waals surface area contributed by atoms with E-state index in [2.05, 4.69) is 64.8 Å². The summed E-state index contributed by atoms with van der Waals surface area (Å²) in [7, 11) is 0. The zero-order valence-corrected chi connectivity index (χ0v) is 33.9. The van der Waals surface area contributed by atoms with Crippen LogP contribution < -0.4 is 5.32 Å². The highest BCUT2D eigenvalue weighted by molar-refractivity contribution is 6.01. The minimum atomic E-state index is -1.17. The number of nitrogens with one attached hydrogen (secondary N) is 1. The zero-order chi connectivity index (χ0) is 38.9. The van der Waals surface area contributed by atoms with Gasteiger partial charge in [0.25, 0.3) is 0 Å². The van der Waals surface area contributed by atoms with Crippen LogP contribution in [0.2, 0.25) is 0 Å². The summed E-state index contributed by atoms with van der Waals surface area (Å²) in [5.41, 5.74) is 1.39. The number of carbonyl (C=O) groups is 4. The van der Waals surface area contributed by atoms with Crippen molar-refractivity contribution in [3.05, 3.63) is 53.4 Å². The molecule has 1 amide bonds. The molecule has 0 aliphatic heterocycles. The van der Waals surface area contributed by atoms with Crippen molar-refractivity contribution in [3.63, 3.8) is 0 Å². The fourth-order valence-electron chi connectivity index (χ4n) is 12.9. The highest BCUT2D eigenvalue weighted by Gasteiger charge is 2.70. The standard InChI is InChI=1S/C45H64N2O6/c1-27(2)37-31(48)25-45(21-18-35(49)47-28(3)30-13-11-12-24-46-30)23-22-43(9)29(38(37)45)14-15-33-42(8)19-17-34(53-36(50)26-40(4,5)39(51)52)41(6,7)32(42)16-20-44(33,43)10/h11-13,18,21,24,27-29,32-34H,14-17,19-20,22-23,25-26H2,1-10H3,(H,47,49)(H,51,52)/t28-,29+,32-,33+,34-,42-,43+,44+,45-/m0/s1. The number of pyridine rings is 1. The van der Waals surface area contributed by atoms with E-state index in [1.807, 2.05) is 25.1 Å². The Balaban J connectivity index is 1.27. The van der Waals surface area contributed by atoms with Crippen LogP contribution in [-0.2, 0) is 23.9 Å². The molecule has 4 saturated carbocycles. The smallest absolute Gasteiger partial charge is 0.309 e.